The minimum Gasteiger partial charge on any atom is -0.497 e. The molecule has 0 saturated carbocycles. The van der Waals surface area contributed by atoms with Gasteiger partial charge in [0.25, 0.3) is 0 Å². The van der Waals surface area contributed by atoms with Crippen LogP contribution < -0.4 is 4.74 Å². The first kappa shape index (κ1) is 13.2. The molecule has 1 rings (SSSR count). The zero-order chi connectivity index (χ0) is 12.0. The van der Waals surface area contributed by atoms with Crippen LogP contribution in [0, 0.1) is 0 Å². The molecule has 0 aliphatic heterocycles. The lowest BCUT2D eigenvalue weighted by molar-refractivity contribution is 0.102. The Morgan fingerprint density at radius 3 is 2.50 bits per heavy atom. The van der Waals surface area contributed by atoms with Crippen molar-refractivity contribution < 1.29 is 9.53 Å². The van der Waals surface area contributed by atoms with E-state index >= 15 is 0 Å². The minimum atomic E-state index is 0.100. The molecule has 0 aliphatic rings. The molecule has 1 aromatic carbocycles. The van der Waals surface area contributed by atoms with Crippen LogP contribution in [0.1, 0.15) is 23.7 Å². The third kappa shape index (κ3) is 3.94. The Morgan fingerprint density at radius 2 is 2.00 bits per heavy atom. The summed E-state index contributed by atoms with van der Waals surface area (Å²) in [5.41, 5.74) is 0.701. The van der Waals surface area contributed by atoms with Crippen LogP contribution in [-0.4, -0.2) is 22.8 Å². The van der Waals surface area contributed by atoms with Gasteiger partial charge in [-0.05, 0) is 30.7 Å². The standard InChI is InChI=1S/C12H14O2S2/c1-3-12(15)16-8-11(13)9-4-6-10(14-2)7-5-9/h4-7H,3,8H2,1-2H3. The first-order valence-electron chi connectivity index (χ1n) is 5.00. The van der Waals surface area contributed by atoms with Crippen LogP contribution in [0.25, 0.3) is 0 Å². The smallest absolute Gasteiger partial charge is 0.173 e. The van der Waals surface area contributed by atoms with Crippen molar-refractivity contribution in [3.8, 4) is 5.75 Å². The van der Waals surface area contributed by atoms with Crippen LogP contribution in [0.5, 0.6) is 5.75 Å². The topological polar surface area (TPSA) is 26.3 Å². The van der Waals surface area contributed by atoms with Crippen LogP contribution in [-0.2, 0) is 0 Å². The third-order valence-corrected chi connectivity index (χ3v) is 3.72. The lowest BCUT2D eigenvalue weighted by Crippen LogP contribution is -2.04. The second-order valence-electron chi connectivity index (χ2n) is 3.17. The van der Waals surface area contributed by atoms with Gasteiger partial charge in [-0.2, -0.15) is 0 Å². The lowest BCUT2D eigenvalue weighted by atomic mass is 10.1. The van der Waals surface area contributed by atoms with E-state index < -0.39 is 0 Å². The molecule has 0 bridgehead atoms. The van der Waals surface area contributed by atoms with Gasteiger partial charge in [-0.15, -0.1) is 11.8 Å². The molecule has 4 heteroatoms. The molecule has 0 spiro atoms. The Morgan fingerprint density at radius 1 is 1.38 bits per heavy atom. The average molecular weight is 254 g/mol. The van der Waals surface area contributed by atoms with Crippen molar-refractivity contribution >= 4 is 34.0 Å². The summed E-state index contributed by atoms with van der Waals surface area (Å²) in [6, 6.07) is 7.12. The fraction of sp³-hybridized carbons (Fsp3) is 0.333. The van der Waals surface area contributed by atoms with E-state index in [1.807, 2.05) is 6.92 Å². The van der Waals surface area contributed by atoms with Gasteiger partial charge >= 0.3 is 0 Å². The number of ketones is 1. The summed E-state index contributed by atoms with van der Waals surface area (Å²) < 4.78 is 5.90. The summed E-state index contributed by atoms with van der Waals surface area (Å²) in [5, 5.41) is 0. The first-order chi connectivity index (χ1) is 7.67. The number of ether oxygens (including phenoxy) is 1. The molecule has 16 heavy (non-hydrogen) atoms. The van der Waals surface area contributed by atoms with Crippen LogP contribution in [0.2, 0.25) is 0 Å². The quantitative estimate of drug-likeness (QED) is 0.594. The summed E-state index contributed by atoms with van der Waals surface area (Å²) >= 11 is 6.49. The zero-order valence-corrected chi connectivity index (χ0v) is 11.0. The summed E-state index contributed by atoms with van der Waals surface area (Å²) in [4.78, 5) is 11.7. The predicted molar refractivity (Wildman–Crippen MR) is 72.7 cm³/mol. The highest BCUT2D eigenvalue weighted by Crippen LogP contribution is 2.15. The Labute approximate surface area is 105 Å². The van der Waals surface area contributed by atoms with Crippen molar-refractivity contribution in [3.05, 3.63) is 29.8 Å². The highest BCUT2D eigenvalue weighted by atomic mass is 32.2. The molecule has 0 atom stereocenters. The van der Waals surface area contributed by atoms with Gasteiger partial charge in [-0.25, -0.2) is 0 Å². The summed E-state index contributed by atoms with van der Waals surface area (Å²) in [6.07, 6.45) is 0.829. The highest BCUT2D eigenvalue weighted by molar-refractivity contribution is 8.23. The van der Waals surface area contributed by atoms with Gasteiger partial charge in [0.15, 0.2) is 5.78 Å². The van der Waals surface area contributed by atoms with E-state index in [1.54, 1.807) is 31.4 Å². The molecule has 86 valence electrons. The minimum absolute atomic E-state index is 0.100. The third-order valence-electron chi connectivity index (χ3n) is 2.06. The monoisotopic (exact) mass is 254 g/mol. The number of carbonyl (C=O) groups is 1. The van der Waals surface area contributed by atoms with E-state index in [9.17, 15) is 4.79 Å². The van der Waals surface area contributed by atoms with Crippen molar-refractivity contribution in [1.82, 2.24) is 0 Å². The van der Waals surface area contributed by atoms with E-state index in [0.717, 1.165) is 16.4 Å². The summed E-state index contributed by atoms with van der Waals surface area (Å²) in [5.74, 6) is 1.27. The Kier molecular flexibility index (Phi) is 5.49. The SMILES string of the molecule is CCC(=S)SCC(=O)c1ccc(OC)cc1. The number of thioether (sulfide) groups is 1. The molecule has 0 N–H and O–H groups in total. The number of benzene rings is 1. The average Bonchev–Trinajstić information content (AvgIpc) is 2.35. The van der Waals surface area contributed by atoms with E-state index in [-0.39, 0.29) is 5.78 Å². The molecule has 0 fully saturated rings. The number of thiocarbonyl (C=S) groups is 1. The van der Waals surface area contributed by atoms with Crippen molar-refractivity contribution in [2.45, 2.75) is 13.3 Å². The summed E-state index contributed by atoms with van der Waals surface area (Å²) in [7, 11) is 1.60. The maximum atomic E-state index is 11.7. The fourth-order valence-electron chi connectivity index (χ4n) is 1.11. The molecular weight excluding hydrogens is 240 g/mol. The van der Waals surface area contributed by atoms with Crippen LogP contribution in [0.4, 0.5) is 0 Å². The molecule has 0 saturated heterocycles. The van der Waals surface area contributed by atoms with Crippen LogP contribution in [0.15, 0.2) is 24.3 Å². The van der Waals surface area contributed by atoms with Gasteiger partial charge < -0.3 is 4.74 Å². The fourth-order valence-corrected chi connectivity index (χ4v) is 1.95. The summed E-state index contributed by atoms with van der Waals surface area (Å²) in [6.45, 7) is 1.99. The molecule has 0 amide bonds. The van der Waals surface area contributed by atoms with Crippen molar-refractivity contribution in [2.24, 2.45) is 0 Å². The van der Waals surface area contributed by atoms with Crippen molar-refractivity contribution in [2.75, 3.05) is 12.9 Å². The van der Waals surface area contributed by atoms with Gasteiger partial charge in [0.2, 0.25) is 0 Å². The van der Waals surface area contributed by atoms with Gasteiger partial charge in [-0.1, -0.05) is 19.1 Å². The van der Waals surface area contributed by atoms with Crippen molar-refractivity contribution in [3.63, 3.8) is 0 Å². The highest BCUT2D eigenvalue weighted by Gasteiger charge is 2.07. The zero-order valence-electron chi connectivity index (χ0n) is 9.36. The molecule has 0 radical (unpaired) electrons. The molecular formula is C12H14O2S2. The van der Waals surface area contributed by atoms with Crippen molar-refractivity contribution in [1.29, 1.82) is 0 Å². The molecule has 0 aromatic heterocycles. The molecule has 0 heterocycles. The molecule has 1 aromatic rings. The normalized spacial score (nSPS) is 9.88. The van der Waals surface area contributed by atoms with Crippen LogP contribution in [0.3, 0.4) is 0 Å². The maximum absolute atomic E-state index is 11.7. The molecule has 2 nitrogen and oxygen atoms in total. The number of rotatable bonds is 5. The Balaban J connectivity index is 2.56. The van der Waals surface area contributed by atoms with E-state index in [0.29, 0.717) is 11.3 Å². The lowest BCUT2D eigenvalue weighted by Gasteiger charge is -2.03. The Bertz CT molecular complexity index is 371. The number of hydrogen-bond donors (Lipinski definition) is 0. The van der Waals surface area contributed by atoms with Gasteiger partial charge in [0.1, 0.15) is 5.75 Å². The molecule has 0 aliphatic carbocycles. The number of Topliss-reactive ketones (excluding diaryl/α,β-unsaturated/α-hetero) is 1. The number of methoxy groups -OCH3 is 1. The van der Waals surface area contributed by atoms with Gasteiger partial charge in [-0.3, -0.25) is 4.79 Å². The second kappa shape index (κ2) is 6.66. The van der Waals surface area contributed by atoms with E-state index in [1.165, 1.54) is 11.8 Å². The van der Waals surface area contributed by atoms with Crippen LogP contribution >= 0.6 is 24.0 Å². The maximum Gasteiger partial charge on any atom is 0.173 e. The van der Waals surface area contributed by atoms with Gasteiger partial charge in [0.05, 0.1) is 12.9 Å². The Hall–Kier alpha value is -0.870. The predicted octanol–water partition coefficient (Wildman–Crippen LogP) is 3.35. The largest absolute Gasteiger partial charge is 0.497 e. The van der Waals surface area contributed by atoms with Gasteiger partial charge in [0, 0.05) is 9.76 Å². The number of carbonyl (C=O) groups excluding carboxylic acids is 1. The first-order valence-corrected chi connectivity index (χ1v) is 6.39. The number of hydrogen-bond acceptors (Lipinski definition) is 4. The van der Waals surface area contributed by atoms with E-state index in [2.05, 4.69) is 0 Å². The van der Waals surface area contributed by atoms with E-state index in [4.69, 9.17) is 17.0 Å². The molecule has 0 unspecified atom stereocenters. The second-order valence-corrected chi connectivity index (χ2v) is 4.99.